The van der Waals surface area contributed by atoms with Crippen LogP contribution in [0.1, 0.15) is 6.92 Å². The highest BCUT2D eigenvalue weighted by molar-refractivity contribution is 7.89. The molecule has 0 aliphatic rings. The number of carbonyl (C=O) groups is 1. The molecule has 0 bridgehead atoms. The van der Waals surface area contributed by atoms with Crippen LogP contribution in [0.25, 0.3) is 0 Å². The number of nitrogens with one attached hydrogen (secondary N) is 2. The van der Waals surface area contributed by atoms with Crippen molar-refractivity contribution < 1.29 is 17.9 Å². The summed E-state index contributed by atoms with van der Waals surface area (Å²) in [5.41, 5.74) is 0. The summed E-state index contributed by atoms with van der Waals surface area (Å²) in [7, 11) is -0.590. The number of likely N-dealkylation sites (N-methyl/N-ethyl adjacent to an activating group) is 1. The minimum Gasteiger partial charge on any atom is -0.481 e. The van der Waals surface area contributed by atoms with Gasteiger partial charge >= 0.3 is 0 Å². The zero-order valence-corrected chi connectivity index (χ0v) is 11.2. The Labute approximate surface area is 106 Å². The highest BCUT2D eigenvalue weighted by Crippen LogP contribution is 2.16. The molecule has 0 saturated heterocycles. The Balaban J connectivity index is 2.81. The molecule has 0 heterocycles. The van der Waals surface area contributed by atoms with E-state index < -0.39 is 16.1 Å². The van der Waals surface area contributed by atoms with Gasteiger partial charge in [-0.15, -0.1) is 0 Å². The molecular formula is C11H16N2O4S. The fourth-order valence-electron chi connectivity index (χ4n) is 1.28. The number of carbonyl (C=O) groups excluding carboxylic acids is 1. The number of ether oxygens (including phenoxy) is 1. The van der Waals surface area contributed by atoms with Gasteiger partial charge in [0.1, 0.15) is 5.75 Å². The number of hydrogen-bond donors (Lipinski definition) is 2. The standard InChI is InChI=1S/C11H16N2O4S/c1-8(11(14)12-2)17-9-4-6-10(7-5-9)18(15,16)13-3/h4-8,13H,1-3H3,(H,12,14)/t8-/m0/s1. The molecule has 0 radical (unpaired) electrons. The highest BCUT2D eigenvalue weighted by Gasteiger charge is 2.14. The lowest BCUT2D eigenvalue weighted by Gasteiger charge is -2.13. The van der Waals surface area contributed by atoms with Crippen molar-refractivity contribution in [2.45, 2.75) is 17.9 Å². The number of hydrogen-bond acceptors (Lipinski definition) is 4. The van der Waals surface area contributed by atoms with Gasteiger partial charge in [-0.1, -0.05) is 0 Å². The third-order valence-corrected chi connectivity index (χ3v) is 3.76. The van der Waals surface area contributed by atoms with Crippen LogP contribution in [-0.4, -0.2) is 34.5 Å². The maximum absolute atomic E-state index is 11.5. The Hall–Kier alpha value is -1.60. The van der Waals surface area contributed by atoms with E-state index in [4.69, 9.17) is 4.74 Å². The van der Waals surface area contributed by atoms with E-state index in [9.17, 15) is 13.2 Å². The van der Waals surface area contributed by atoms with Crippen LogP contribution in [0.4, 0.5) is 0 Å². The molecule has 18 heavy (non-hydrogen) atoms. The summed E-state index contributed by atoms with van der Waals surface area (Å²) in [6, 6.07) is 5.84. The molecular weight excluding hydrogens is 256 g/mol. The molecule has 7 heteroatoms. The quantitative estimate of drug-likeness (QED) is 0.796. The fourth-order valence-corrected chi connectivity index (χ4v) is 2.01. The van der Waals surface area contributed by atoms with Gasteiger partial charge in [0.2, 0.25) is 10.0 Å². The fraction of sp³-hybridized carbons (Fsp3) is 0.364. The molecule has 0 aliphatic carbocycles. The van der Waals surface area contributed by atoms with E-state index in [-0.39, 0.29) is 10.8 Å². The normalized spacial score (nSPS) is 12.8. The molecule has 0 aliphatic heterocycles. The Morgan fingerprint density at radius 1 is 1.22 bits per heavy atom. The zero-order valence-electron chi connectivity index (χ0n) is 10.4. The molecule has 0 spiro atoms. The van der Waals surface area contributed by atoms with E-state index in [2.05, 4.69) is 10.0 Å². The van der Waals surface area contributed by atoms with E-state index >= 15 is 0 Å². The maximum Gasteiger partial charge on any atom is 0.260 e. The Morgan fingerprint density at radius 3 is 2.22 bits per heavy atom. The largest absolute Gasteiger partial charge is 0.481 e. The van der Waals surface area contributed by atoms with Gasteiger partial charge in [0, 0.05) is 7.05 Å². The van der Waals surface area contributed by atoms with Crippen LogP contribution in [-0.2, 0) is 14.8 Å². The van der Waals surface area contributed by atoms with E-state index in [1.165, 1.54) is 38.4 Å². The van der Waals surface area contributed by atoms with Gasteiger partial charge in [-0.3, -0.25) is 4.79 Å². The molecule has 1 amide bonds. The molecule has 0 unspecified atom stereocenters. The third kappa shape index (κ3) is 3.44. The van der Waals surface area contributed by atoms with Crippen LogP contribution < -0.4 is 14.8 Å². The minimum atomic E-state index is -3.45. The molecule has 1 atom stereocenters. The smallest absolute Gasteiger partial charge is 0.260 e. The van der Waals surface area contributed by atoms with Crippen LogP contribution in [0.5, 0.6) is 5.75 Å². The van der Waals surface area contributed by atoms with Crippen molar-refractivity contribution in [3.05, 3.63) is 24.3 Å². The Bertz CT molecular complexity index is 510. The van der Waals surface area contributed by atoms with Gasteiger partial charge in [0.15, 0.2) is 6.10 Å². The van der Waals surface area contributed by atoms with Crippen LogP contribution in [0.2, 0.25) is 0 Å². The van der Waals surface area contributed by atoms with Crippen LogP contribution in [0.15, 0.2) is 29.2 Å². The monoisotopic (exact) mass is 272 g/mol. The van der Waals surface area contributed by atoms with Gasteiger partial charge in [-0.2, -0.15) is 0 Å². The van der Waals surface area contributed by atoms with Gasteiger partial charge < -0.3 is 10.1 Å². The lowest BCUT2D eigenvalue weighted by molar-refractivity contribution is -0.126. The average Bonchev–Trinajstić information content (AvgIpc) is 2.38. The Kier molecular flexibility index (Phi) is 4.69. The van der Waals surface area contributed by atoms with Gasteiger partial charge in [-0.05, 0) is 38.2 Å². The van der Waals surface area contributed by atoms with Crippen molar-refractivity contribution >= 4 is 15.9 Å². The lowest BCUT2D eigenvalue weighted by Crippen LogP contribution is -2.33. The minimum absolute atomic E-state index is 0.143. The summed E-state index contributed by atoms with van der Waals surface area (Å²) in [6.07, 6.45) is -0.637. The summed E-state index contributed by atoms with van der Waals surface area (Å²) in [6.45, 7) is 1.61. The summed E-state index contributed by atoms with van der Waals surface area (Å²) in [5.74, 6) is 0.183. The van der Waals surface area contributed by atoms with Gasteiger partial charge in [0.25, 0.3) is 5.91 Å². The molecule has 1 rings (SSSR count). The predicted octanol–water partition coefficient (Wildman–Crippen LogP) is 0.108. The topological polar surface area (TPSA) is 84.5 Å². The van der Waals surface area contributed by atoms with E-state index in [0.717, 1.165) is 0 Å². The molecule has 2 N–H and O–H groups in total. The summed E-state index contributed by atoms with van der Waals surface area (Å²) in [4.78, 5) is 11.4. The first-order valence-corrected chi connectivity index (χ1v) is 6.81. The van der Waals surface area contributed by atoms with Crippen LogP contribution >= 0.6 is 0 Å². The predicted molar refractivity (Wildman–Crippen MR) is 66.8 cm³/mol. The van der Waals surface area contributed by atoms with Crippen molar-refractivity contribution in [2.75, 3.05) is 14.1 Å². The first-order chi connectivity index (χ1) is 8.40. The second-order valence-electron chi connectivity index (χ2n) is 3.55. The van der Waals surface area contributed by atoms with Crippen molar-refractivity contribution in [3.63, 3.8) is 0 Å². The van der Waals surface area contributed by atoms with Gasteiger partial charge in [0.05, 0.1) is 4.90 Å². The molecule has 100 valence electrons. The first kappa shape index (κ1) is 14.5. The van der Waals surface area contributed by atoms with E-state index in [1.54, 1.807) is 6.92 Å². The zero-order chi connectivity index (χ0) is 13.8. The van der Waals surface area contributed by atoms with Crippen LogP contribution in [0, 0.1) is 0 Å². The molecule has 0 fully saturated rings. The first-order valence-electron chi connectivity index (χ1n) is 5.32. The van der Waals surface area contributed by atoms with Crippen molar-refractivity contribution in [1.82, 2.24) is 10.0 Å². The maximum atomic E-state index is 11.5. The van der Waals surface area contributed by atoms with Crippen molar-refractivity contribution in [1.29, 1.82) is 0 Å². The van der Waals surface area contributed by atoms with Crippen molar-refractivity contribution in [3.8, 4) is 5.75 Å². The number of sulfonamides is 1. The SMILES string of the molecule is CNC(=O)[C@H](C)Oc1ccc(S(=O)(=O)NC)cc1. The lowest BCUT2D eigenvalue weighted by atomic mass is 10.3. The van der Waals surface area contributed by atoms with E-state index in [1.807, 2.05) is 0 Å². The van der Waals surface area contributed by atoms with Crippen LogP contribution in [0.3, 0.4) is 0 Å². The second kappa shape index (κ2) is 5.83. The van der Waals surface area contributed by atoms with Gasteiger partial charge in [-0.25, -0.2) is 13.1 Å². The average molecular weight is 272 g/mol. The van der Waals surface area contributed by atoms with Crippen molar-refractivity contribution in [2.24, 2.45) is 0 Å². The molecule has 0 saturated carbocycles. The highest BCUT2D eigenvalue weighted by atomic mass is 32.2. The summed E-state index contributed by atoms with van der Waals surface area (Å²) >= 11 is 0. The molecule has 1 aromatic carbocycles. The number of benzene rings is 1. The summed E-state index contributed by atoms with van der Waals surface area (Å²) < 4.78 is 30.5. The summed E-state index contributed by atoms with van der Waals surface area (Å²) in [5, 5.41) is 2.46. The number of rotatable bonds is 5. The molecule has 6 nitrogen and oxygen atoms in total. The Morgan fingerprint density at radius 2 is 1.78 bits per heavy atom. The van der Waals surface area contributed by atoms with E-state index in [0.29, 0.717) is 5.75 Å². The molecule has 1 aromatic rings. The second-order valence-corrected chi connectivity index (χ2v) is 5.44. The molecule has 0 aromatic heterocycles. The number of amides is 1. The third-order valence-electron chi connectivity index (χ3n) is 2.33.